The molecule has 0 aliphatic rings. The number of aliphatic carboxylic acids is 7. The molecule has 0 saturated carbocycles. The number of amides is 9. The van der Waals surface area contributed by atoms with Crippen molar-refractivity contribution in [3.8, 4) is 5.75 Å². The van der Waals surface area contributed by atoms with Gasteiger partial charge in [-0.15, -0.1) is 0 Å². The van der Waals surface area contributed by atoms with E-state index in [1.54, 1.807) is 30.3 Å². The molecule has 0 unspecified atom stereocenters. The van der Waals surface area contributed by atoms with Crippen LogP contribution in [-0.2, 0) is 89.6 Å². The second-order valence-corrected chi connectivity index (χ2v) is 21.3. The molecule has 34 heteroatoms. The number of carbonyl (C=O) groups excluding carboxylic acids is 9. The van der Waals surface area contributed by atoms with Gasteiger partial charge in [-0.05, 0) is 60.8 Å². The van der Waals surface area contributed by atoms with E-state index in [2.05, 4.69) is 47.9 Å². The lowest BCUT2D eigenvalue weighted by molar-refractivity contribution is -0.143. The van der Waals surface area contributed by atoms with E-state index in [9.17, 15) is 112 Å². The highest BCUT2D eigenvalue weighted by Gasteiger charge is 2.38. The number of phenolic OH excluding ortho intramolecular Hbond substituents is 1. The summed E-state index contributed by atoms with van der Waals surface area (Å²) in [6.07, 6.45) is -9.44. The van der Waals surface area contributed by atoms with Gasteiger partial charge in [0.1, 0.15) is 60.1 Å². The maximum absolute atomic E-state index is 14.4. The highest BCUT2D eigenvalue weighted by atomic mass is 16.4. The SMILES string of the molecule is CC(C)[C@H](NC(=O)[C@H](CC(=O)O)NC(=O)[C@H](Cc1ccc(O)cc1)NC(=O)[C@H](CCC(=O)O)NC(=O)[C@H](CCC(=O)O)NC(=O)[C@H](CCC(=O)O)NC(=O)[C@H](CCC(=O)O)NC(=O)[C@@H](N)CC(=O)O)C(=O)N[C@H](C(=O)N[C@@H](Cc1ccccc1)C(=O)O)C(C)C. The first-order chi connectivity index (χ1) is 42.1. The van der Waals surface area contributed by atoms with Gasteiger partial charge in [-0.2, -0.15) is 0 Å². The van der Waals surface area contributed by atoms with E-state index < -0.39 is 238 Å². The Balaban J connectivity index is 2.56. The Morgan fingerprint density at radius 3 is 1.01 bits per heavy atom. The number of carboxylic acid groups (broad SMARTS) is 7. The molecule has 0 fully saturated rings. The highest BCUT2D eigenvalue weighted by molar-refractivity contribution is 6.00. The predicted molar refractivity (Wildman–Crippen MR) is 307 cm³/mol. The number of hydrogen-bond acceptors (Lipinski definition) is 18. The third kappa shape index (κ3) is 28.0. The van der Waals surface area contributed by atoms with E-state index in [1.807, 2.05) is 0 Å². The van der Waals surface area contributed by atoms with Gasteiger partial charge in [0.2, 0.25) is 53.2 Å². The topological polar surface area (TPSA) is 569 Å². The van der Waals surface area contributed by atoms with Crippen LogP contribution in [0, 0.1) is 11.8 Å². The van der Waals surface area contributed by atoms with Crippen molar-refractivity contribution in [3.05, 3.63) is 65.7 Å². The number of nitrogens with two attached hydrogens (primary N) is 1. The normalized spacial score (nSPS) is 14.3. The molecule has 19 N–H and O–H groups in total. The van der Waals surface area contributed by atoms with E-state index in [-0.39, 0.29) is 17.7 Å². The lowest BCUT2D eigenvalue weighted by Crippen LogP contribution is -2.62. The zero-order valence-corrected chi connectivity index (χ0v) is 49.3. The maximum Gasteiger partial charge on any atom is 0.326 e. The van der Waals surface area contributed by atoms with Crippen molar-refractivity contribution < 1.29 is 118 Å². The minimum absolute atomic E-state index is 0.124. The molecule has 90 heavy (non-hydrogen) atoms. The largest absolute Gasteiger partial charge is 0.508 e. The molecule has 9 amide bonds. The number of phenols is 1. The monoisotopic (exact) mass is 1270 g/mol. The zero-order valence-electron chi connectivity index (χ0n) is 49.3. The Morgan fingerprint density at radius 1 is 0.344 bits per heavy atom. The van der Waals surface area contributed by atoms with Gasteiger partial charge in [0.05, 0.1) is 18.9 Å². The van der Waals surface area contributed by atoms with E-state index in [1.165, 1.54) is 52.0 Å². The lowest BCUT2D eigenvalue weighted by atomic mass is 9.98. The number of carboxylic acids is 7. The molecule has 0 aliphatic carbocycles. The van der Waals surface area contributed by atoms with E-state index in [0.717, 1.165) is 0 Å². The van der Waals surface area contributed by atoms with Crippen LogP contribution in [0.1, 0.15) is 103 Å². The second-order valence-electron chi connectivity index (χ2n) is 21.3. The Kier molecular flexibility index (Phi) is 31.5. The molecule has 0 radical (unpaired) electrons. The number of hydrogen-bond donors (Lipinski definition) is 18. The molecule has 0 bridgehead atoms. The Bertz CT molecular complexity index is 2930. The van der Waals surface area contributed by atoms with Crippen LogP contribution in [0.15, 0.2) is 54.6 Å². The molecule has 2 aromatic carbocycles. The molecule has 0 saturated heterocycles. The van der Waals surface area contributed by atoms with Crippen molar-refractivity contribution in [2.24, 2.45) is 17.6 Å². The average molecular weight is 1270 g/mol. The fraction of sp³-hybridized carbons (Fsp3) is 0.500. The smallest absolute Gasteiger partial charge is 0.326 e. The van der Waals surface area contributed by atoms with Crippen molar-refractivity contribution >= 4 is 94.9 Å². The van der Waals surface area contributed by atoms with E-state index >= 15 is 0 Å². The number of aromatic hydroxyl groups is 1. The van der Waals surface area contributed by atoms with Crippen LogP contribution < -0.4 is 53.6 Å². The van der Waals surface area contributed by atoms with Gasteiger partial charge in [0.15, 0.2) is 0 Å². The minimum atomic E-state index is -2.07. The second kappa shape index (κ2) is 37.4. The first kappa shape index (κ1) is 75.8. The van der Waals surface area contributed by atoms with E-state index in [4.69, 9.17) is 10.8 Å². The quantitative estimate of drug-likeness (QED) is 0.0310. The molecule has 2 rings (SSSR count). The fourth-order valence-electron chi connectivity index (χ4n) is 8.41. The van der Waals surface area contributed by atoms with Gasteiger partial charge in [0.25, 0.3) is 0 Å². The first-order valence-corrected chi connectivity index (χ1v) is 27.9. The van der Waals surface area contributed by atoms with Crippen molar-refractivity contribution in [1.82, 2.24) is 47.9 Å². The molecule has 494 valence electrons. The Hall–Kier alpha value is -10.3. The predicted octanol–water partition coefficient (Wildman–Crippen LogP) is -3.33. The summed E-state index contributed by atoms with van der Waals surface area (Å²) in [7, 11) is 0. The number of rotatable bonds is 41. The van der Waals surface area contributed by atoms with Crippen molar-refractivity contribution in [3.63, 3.8) is 0 Å². The number of nitrogens with one attached hydrogen (secondary N) is 9. The molecule has 0 aromatic heterocycles. The summed E-state index contributed by atoms with van der Waals surface area (Å²) in [4.78, 5) is 207. The number of carbonyl (C=O) groups is 16. The van der Waals surface area contributed by atoms with Crippen LogP contribution in [-0.4, -0.2) is 196 Å². The highest BCUT2D eigenvalue weighted by Crippen LogP contribution is 2.15. The average Bonchev–Trinajstić information content (AvgIpc) is 1.31. The summed E-state index contributed by atoms with van der Waals surface area (Å²) in [5.41, 5.74) is 6.32. The summed E-state index contributed by atoms with van der Waals surface area (Å²) >= 11 is 0. The third-order valence-corrected chi connectivity index (χ3v) is 13.3. The van der Waals surface area contributed by atoms with Gasteiger partial charge in [0, 0.05) is 38.5 Å². The summed E-state index contributed by atoms with van der Waals surface area (Å²) in [6, 6.07) is -4.83. The van der Waals surface area contributed by atoms with Crippen LogP contribution in [0.3, 0.4) is 0 Å². The molecule has 34 nitrogen and oxygen atoms in total. The third-order valence-electron chi connectivity index (χ3n) is 13.3. The Morgan fingerprint density at radius 2 is 0.644 bits per heavy atom. The van der Waals surface area contributed by atoms with Crippen LogP contribution >= 0.6 is 0 Å². The van der Waals surface area contributed by atoms with Crippen LogP contribution in [0.5, 0.6) is 5.75 Å². The molecule has 0 heterocycles. The molecule has 2 aromatic rings. The number of benzene rings is 2. The van der Waals surface area contributed by atoms with Crippen molar-refractivity contribution in [2.45, 2.75) is 165 Å². The molecule has 10 atom stereocenters. The van der Waals surface area contributed by atoms with Crippen LogP contribution in [0.2, 0.25) is 0 Å². The Labute approximate surface area is 513 Å². The van der Waals surface area contributed by atoms with Crippen LogP contribution in [0.25, 0.3) is 0 Å². The maximum atomic E-state index is 14.4. The fourth-order valence-corrected chi connectivity index (χ4v) is 8.41. The van der Waals surface area contributed by atoms with Gasteiger partial charge in [-0.3, -0.25) is 71.9 Å². The van der Waals surface area contributed by atoms with Crippen LogP contribution in [0.4, 0.5) is 0 Å². The van der Waals surface area contributed by atoms with Gasteiger partial charge in [-0.25, -0.2) is 4.79 Å². The summed E-state index contributed by atoms with van der Waals surface area (Å²) in [5.74, 6) is -23.8. The van der Waals surface area contributed by atoms with Crippen molar-refractivity contribution in [1.29, 1.82) is 0 Å². The van der Waals surface area contributed by atoms with Gasteiger partial charge in [-0.1, -0.05) is 70.2 Å². The van der Waals surface area contributed by atoms with E-state index in [0.29, 0.717) is 5.56 Å². The molecular formula is C56H76N10O24. The lowest BCUT2D eigenvalue weighted by Gasteiger charge is -2.29. The molecular weight excluding hydrogens is 1200 g/mol. The first-order valence-electron chi connectivity index (χ1n) is 27.9. The molecule has 0 spiro atoms. The standard InChI is InChI=1S/C56H76N10O24/c1-26(2)45(54(87)64-38(56(89)90)23-28-8-6-5-7-9-28)66-55(88)46(27(3)4)65-53(86)37(25-44(78)79)63-52(85)36(22-29-10-12-30(67)13-11-29)62-51(84)35(17-21-42(74)75)61-50(83)34(16-20-41(72)73)60-49(82)33(15-19-40(70)71)59-48(81)32(14-18-39(68)69)58-47(80)31(57)24-43(76)77/h5-13,26-27,31-38,45-46,67H,14-25,57H2,1-4H3,(H,58,80)(H,59,81)(H,60,82)(H,61,83)(H,62,84)(H,63,85)(H,64,87)(H,65,86)(H,66,88)(H,68,69)(H,70,71)(H,72,73)(H,74,75)(H,76,77)(H,78,79)(H,89,90)/t31-,32-,33-,34-,35-,36-,37-,38-,45-,46-/m0/s1. The van der Waals surface area contributed by atoms with Gasteiger partial charge < -0.3 is 94.4 Å². The summed E-state index contributed by atoms with van der Waals surface area (Å²) in [6.45, 7) is 6.00. The van der Waals surface area contributed by atoms with Crippen molar-refractivity contribution in [2.75, 3.05) is 0 Å². The summed E-state index contributed by atoms with van der Waals surface area (Å²) < 4.78 is 0. The summed E-state index contributed by atoms with van der Waals surface area (Å²) in [5, 5.41) is 97.0. The molecule has 0 aliphatic heterocycles. The zero-order chi connectivity index (χ0) is 68.1. The minimum Gasteiger partial charge on any atom is -0.508 e. The van der Waals surface area contributed by atoms with Gasteiger partial charge >= 0.3 is 41.8 Å².